The van der Waals surface area contributed by atoms with Gasteiger partial charge in [-0.15, -0.1) is 0 Å². The van der Waals surface area contributed by atoms with Crippen molar-refractivity contribution in [2.45, 2.75) is 45.1 Å². The van der Waals surface area contributed by atoms with Crippen molar-refractivity contribution in [3.05, 3.63) is 23.4 Å². The van der Waals surface area contributed by atoms with Gasteiger partial charge in [0.1, 0.15) is 5.82 Å². The number of nitrogens with one attached hydrogen (secondary N) is 1. The third-order valence-electron chi connectivity index (χ3n) is 3.47. The van der Waals surface area contributed by atoms with E-state index in [2.05, 4.69) is 10.3 Å². The predicted molar refractivity (Wildman–Crippen MR) is 77.4 cm³/mol. The van der Waals surface area contributed by atoms with Crippen LogP contribution < -0.4 is 5.32 Å². The van der Waals surface area contributed by atoms with E-state index in [1.807, 2.05) is 13.8 Å². The van der Waals surface area contributed by atoms with E-state index in [-0.39, 0.29) is 17.6 Å². The van der Waals surface area contributed by atoms with Crippen molar-refractivity contribution in [3.63, 3.8) is 0 Å². The molecule has 1 aliphatic heterocycles. The minimum Gasteiger partial charge on any atom is -0.478 e. The number of anilines is 1. The van der Waals surface area contributed by atoms with E-state index in [1.54, 1.807) is 12.1 Å². The molecule has 2 rings (SSSR count). The van der Waals surface area contributed by atoms with Crippen molar-refractivity contribution in [1.82, 2.24) is 4.98 Å². The number of carboxylic acids is 1. The quantitative estimate of drug-likeness (QED) is 0.866. The lowest BCUT2D eigenvalue weighted by molar-refractivity contribution is 0.0247. The van der Waals surface area contributed by atoms with Gasteiger partial charge in [-0.25, -0.2) is 9.78 Å². The molecular weight excluding hydrogens is 256 g/mol. The second-order valence-corrected chi connectivity index (χ2v) is 5.50. The first-order chi connectivity index (χ1) is 9.56. The van der Waals surface area contributed by atoms with Crippen molar-refractivity contribution in [2.75, 3.05) is 18.5 Å². The van der Waals surface area contributed by atoms with E-state index in [4.69, 9.17) is 9.84 Å². The summed E-state index contributed by atoms with van der Waals surface area (Å²) in [5, 5.41) is 12.4. The Hall–Kier alpha value is -1.62. The normalized spacial score (nSPS) is 19.1. The molecule has 5 heteroatoms. The maximum atomic E-state index is 11.2. The second-order valence-electron chi connectivity index (χ2n) is 5.50. The molecule has 1 fully saturated rings. The molecule has 2 N–H and O–H groups in total. The van der Waals surface area contributed by atoms with Crippen LogP contribution in [0, 0.1) is 0 Å². The Morgan fingerprint density at radius 2 is 2.30 bits per heavy atom. The van der Waals surface area contributed by atoms with Gasteiger partial charge in [-0.2, -0.15) is 0 Å². The number of rotatable bonds is 5. The van der Waals surface area contributed by atoms with Crippen LogP contribution in [0.25, 0.3) is 0 Å². The van der Waals surface area contributed by atoms with Crippen LogP contribution in [-0.2, 0) is 4.74 Å². The number of carboxylic acid groups (broad SMARTS) is 1. The average Bonchev–Trinajstić information content (AvgIpc) is 2.45. The SMILES string of the molecule is CC(C)c1cc(C(=O)O)cc(NCC2CCCCO2)n1. The van der Waals surface area contributed by atoms with Crippen molar-refractivity contribution in [3.8, 4) is 0 Å². The van der Waals surface area contributed by atoms with Gasteiger partial charge in [0.15, 0.2) is 0 Å². The summed E-state index contributed by atoms with van der Waals surface area (Å²) in [6, 6.07) is 3.21. The fourth-order valence-electron chi connectivity index (χ4n) is 2.25. The average molecular weight is 278 g/mol. The molecule has 0 aromatic carbocycles. The molecule has 5 nitrogen and oxygen atoms in total. The van der Waals surface area contributed by atoms with E-state index in [0.717, 1.165) is 25.1 Å². The number of hydrogen-bond donors (Lipinski definition) is 2. The monoisotopic (exact) mass is 278 g/mol. The van der Waals surface area contributed by atoms with Crippen molar-refractivity contribution in [2.24, 2.45) is 0 Å². The van der Waals surface area contributed by atoms with Crippen LogP contribution in [-0.4, -0.2) is 35.3 Å². The Kier molecular flexibility index (Phi) is 4.95. The van der Waals surface area contributed by atoms with Crippen molar-refractivity contribution < 1.29 is 14.6 Å². The lowest BCUT2D eigenvalue weighted by atomic mass is 10.1. The van der Waals surface area contributed by atoms with Crippen LogP contribution in [0.5, 0.6) is 0 Å². The number of aromatic carboxylic acids is 1. The summed E-state index contributed by atoms with van der Waals surface area (Å²) in [5.41, 5.74) is 1.06. The maximum Gasteiger partial charge on any atom is 0.335 e. The Balaban J connectivity index is 2.07. The molecule has 0 bridgehead atoms. The van der Waals surface area contributed by atoms with E-state index in [0.29, 0.717) is 12.4 Å². The summed E-state index contributed by atoms with van der Waals surface area (Å²) in [4.78, 5) is 15.6. The predicted octanol–water partition coefficient (Wildman–Crippen LogP) is 2.88. The summed E-state index contributed by atoms with van der Waals surface area (Å²) in [6.45, 7) is 5.49. The summed E-state index contributed by atoms with van der Waals surface area (Å²) in [5.74, 6) is -0.116. The summed E-state index contributed by atoms with van der Waals surface area (Å²) < 4.78 is 5.65. The Labute approximate surface area is 119 Å². The maximum absolute atomic E-state index is 11.2. The highest BCUT2D eigenvalue weighted by Gasteiger charge is 2.15. The Bertz CT molecular complexity index is 468. The molecule has 1 atom stereocenters. The first kappa shape index (κ1) is 14.8. The molecule has 0 radical (unpaired) electrons. The third kappa shape index (κ3) is 3.93. The molecule has 1 unspecified atom stereocenters. The topological polar surface area (TPSA) is 71.5 Å². The van der Waals surface area contributed by atoms with Gasteiger partial charge in [-0.3, -0.25) is 0 Å². The van der Waals surface area contributed by atoms with Crippen LogP contribution in [0.2, 0.25) is 0 Å². The van der Waals surface area contributed by atoms with Crippen LogP contribution >= 0.6 is 0 Å². The molecule has 0 aliphatic carbocycles. The van der Waals surface area contributed by atoms with Gasteiger partial charge in [-0.1, -0.05) is 13.8 Å². The smallest absolute Gasteiger partial charge is 0.335 e. The first-order valence-electron chi connectivity index (χ1n) is 7.17. The molecular formula is C15H22N2O3. The van der Waals surface area contributed by atoms with Gasteiger partial charge in [0.25, 0.3) is 0 Å². The largest absolute Gasteiger partial charge is 0.478 e. The van der Waals surface area contributed by atoms with Crippen LogP contribution in [0.4, 0.5) is 5.82 Å². The zero-order chi connectivity index (χ0) is 14.5. The summed E-state index contributed by atoms with van der Waals surface area (Å²) in [7, 11) is 0. The lowest BCUT2D eigenvalue weighted by Crippen LogP contribution is -2.27. The van der Waals surface area contributed by atoms with Gasteiger partial charge >= 0.3 is 5.97 Å². The zero-order valence-corrected chi connectivity index (χ0v) is 12.1. The Morgan fingerprint density at radius 3 is 2.90 bits per heavy atom. The number of aromatic nitrogens is 1. The third-order valence-corrected chi connectivity index (χ3v) is 3.47. The van der Waals surface area contributed by atoms with Gasteiger partial charge in [-0.05, 0) is 37.3 Å². The molecule has 1 aromatic rings. The van der Waals surface area contributed by atoms with Crippen molar-refractivity contribution >= 4 is 11.8 Å². The molecule has 20 heavy (non-hydrogen) atoms. The van der Waals surface area contributed by atoms with Gasteiger partial charge in [0.2, 0.25) is 0 Å². The fraction of sp³-hybridized carbons (Fsp3) is 0.600. The standard InChI is InChI=1S/C15H22N2O3/c1-10(2)13-7-11(15(18)19)8-14(17-13)16-9-12-5-3-4-6-20-12/h7-8,10,12H,3-6,9H2,1-2H3,(H,16,17)(H,18,19). The van der Waals surface area contributed by atoms with E-state index in [1.165, 1.54) is 6.42 Å². The molecule has 0 spiro atoms. The van der Waals surface area contributed by atoms with E-state index in [9.17, 15) is 4.79 Å². The van der Waals surface area contributed by atoms with Crippen LogP contribution in [0.3, 0.4) is 0 Å². The molecule has 1 aliphatic rings. The minimum atomic E-state index is -0.925. The minimum absolute atomic E-state index is 0.195. The molecule has 2 heterocycles. The zero-order valence-electron chi connectivity index (χ0n) is 12.1. The first-order valence-corrected chi connectivity index (χ1v) is 7.17. The van der Waals surface area contributed by atoms with E-state index < -0.39 is 5.97 Å². The number of hydrogen-bond acceptors (Lipinski definition) is 4. The lowest BCUT2D eigenvalue weighted by Gasteiger charge is -2.23. The van der Waals surface area contributed by atoms with Gasteiger partial charge in [0.05, 0.1) is 11.7 Å². The molecule has 1 saturated heterocycles. The number of nitrogens with zero attached hydrogens (tertiary/aromatic N) is 1. The second kappa shape index (κ2) is 6.70. The summed E-state index contributed by atoms with van der Waals surface area (Å²) in [6.07, 6.45) is 3.55. The number of carbonyl (C=O) groups is 1. The molecule has 0 saturated carbocycles. The number of ether oxygens (including phenoxy) is 1. The summed E-state index contributed by atoms with van der Waals surface area (Å²) >= 11 is 0. The molecule has 110 valence electrons. The molecule has 0 amide bonds. The highest BCUT2D eigenvalue weighted by Crippen LogP contribution is 2.19. The van der Waals surface area contributed by atoms with Gasteiger partial charge in [0, 0.05) is 18.8 Å². The van der Waals surface area contributed by atoms with Crippen LogP contribution in [0.15, 0.2) is 12.1 Å². The highest BCUT2D eigenvalue weighted by molar-refractivity contribution is 5.88. The van der Waals surface area contributed by atoms with Gasteiger partial charge < -0.3 is 15.2 Å². The molecule has 1 aromatic heterocycles. The fourth-order valence-corrected chi connectivity index (χ4v) is 2.25. The van der Waals surface area contributed by atoms with Crippen molar-refractivity contribution in [1.29, 1.82) is 0 Å². The number of pyridine rings is 1. The Morgan fingerprint density at radius 1 is 1.50 bits per heavy atom. The van der Waals surface area contributed by atoms with Crippen LogP contribution in [0.1, 0.15) is 55.1 Å². The highest BCUT2D eigenvalue weighted by atomic mass is 16.5. The van der Waals surface area contributed by atoms with E-state index >= 15 is 0 Å².